The zero-order valence-electron chi connectivity index (χ0n) is 13.5. The Labute approximate surface area is 148 Å². The maximum atomic E-state index is 10.1. The van der Waals surface area contributed by atoms with Crippen LogP contribution in [0.5, 0.6) is 5.75 Å². The van der Waals surface area contributed by atoms with Gasteiger partial charge in [0.15, 0.2) is 0 Å². The molecule has 0 aliphatic heterocycles. The van der Waals surface area contributed by atoms with Crippen molar-refractivity contribution in [1.29, 1.82) is 0 Å². The molecule has 0 aliphatic carbocycles. The van der Waals surface area contributed by atoms with Crippen molar-refractivity contribution in [3.8, 4) is 5.75 Å². The Morgan fingerprint density at radius 1 is 1.17 bits per heavy atom. The highest BCUT2D eigenvalue weighted by Crippen LogP contribution is 2.28. The second-order valence-electron chi connectivity index (χ2n) is 5.29. The summed E-state index contributed by atoms with van der Waals surface area (Å²) in [7, 11) is 0. The van der Waals surface area contributed by atoms with Crippen LogP contribution in [0, 0.1) is 0 Å². The third kappa shape index (κ3) is 6.42. The first-order valence-electron chi connectivity index (χ1n) is 7.64. The summed E-state index contributed by atoms with van der Waals surface area (Å²) >= 11 is 1.54. The molecule has 0 bridgehead atoms. The van der Waals surface area contributed by atoms with E-state index in [4.69, 9.17) is 4.74 Å². The van der Waals surface area contributed by atoms with E-state index in [9.17, 15) is 5.11 Å². The monoisotopic (exact) mass is 353 g/mol. The minimum atomic E-state index is -0.517. The Balaban J connectivity index is 0.00000264. The normalized spacial score (nSPS) is 13.0. The number of para-hydroxylation sites is 1. The number of ether oxygens (including phenoxy) is 1. The van der Waals surface area contributed by atoms with Crippen molar-refractivity contribution < 1.29 is 9.84 Å². The highest BCUT2D eigenvalue weighted by Gasteiger charge is 2.12. The Morgan fingerprint density at radius 3 is 2.61 bits per heavy atom. The molecule has 3 nitrogen and oxygen atoms in total. The first kappa shape index (κ1) is 19.8. The Hall–Kier alpha value is -1.23. The third-order valence-electron chi connectivity index (χ3n) is 3.55. The molecule has 0 radical (unpaired) electrons. The van der Waals surface area contributed by atoms with Gasteiger partial charge >= 0.3 is 0 Å². The highest BCUT2D eigenvalue weighted by molar-refractivity contribution is 7.99. The lowest BCUT2D eigenvalue weighted by atomic mass is 9.98. The van der Waals surface area contributed by atoms with Gasteiger partial charge in [-0.2, -0.15) is 0 Å². The van der Waals surface area contributed by atoms with Gasteiger partial charge in [-0.05, 0) is 36.1 Å². The molecule has 0 aliphatic rings. The number of hydrogen-bond donors (Lipinski definition) is 1. The number of rotatable bonds is 8. The highest BCUT2D eigenvalue weighted by atomic mass is 35.5. The van der Waals surface area contributed by atoms with Crippen molar-refractivity contribution >= 4 is 24.2 Å². The molecule has 0 saturated heterocycles. The summed E-state index contributed by atoms with van der Waals surface area (Å²) < 4.78 is 5.83. The van der Waals surface area contributed by atoms with Crippen LogP contribution >= 0.6 is 24.2 Å². The summed E-state index contributed by atoms with van der Waals surface area (Å²) in [6.45, 7) is 4.66. The van der Waals surface area contributed by atoms with Crippen LogP contribution in [-0.4, -0.2) is 28.6 Å². The average Bonchev–Trinajstić information content (AvgIpc) is 2.58. The molecule has 0 saturated carbocycles. The van der Waals surface area contributed by atoms with Crippen molar-refractivity contribution in [2.75, 3.05) is 12.4 Å². The molecule has 1 aromatic carbocycles. The number of halogens is 1. The van der Waals surface area contributed by atoms with E-state index >= 15 is 0 Å². The van der Waals surface area contributed by atoms with Crippen LogP contribution in [0.3, 0.4) is 0 Å². The SMILES string of the molecule is CCC(C)c1ccccc1OCC(O)CSc1ccccn1.Cl. The van der Waals surface area contributed by atoms with E-state index in [1.54, 1.807) is 6.20 Å². The van der Waals surface area contributed by atoms with Gasteiger partial charge in [-0.15, -0.1) is 24.2 Å². The van der Waals surface area contributed by atoms with E-state index in [1.807, 2.05) is 36.4 Å². The first-order valence-corrected chi connectivity index (χ1v) is 8.63. The van der Waals surface area contributed by atoms with Crippen molar-refractivity contribution in [3.05, 3.63) is 54.2 Å². The van der Waals surface area contributed by atoms with Crippen LogP contribution in [-0.2, 0) is 0 Å². The van der Waals surface area contributed by atoms with Gasteiger partial charge in [0.1, 0.15) is 12.4 Å². The van der Waals surface area contributed by atoms with E-state index in [0.29, 0.717) is 18.3 Å². The largest absolute Gasteiger partial charge is 0.491 e. The fourth-order valence-electron chi connectivity index (χ4n) is 2.09. The van der Waals surface area contributed by atoms with E-state index in [1.165, 1.54) is 17.3 Å². The predicted octanol–water partition coefficient (Wildman–Crippen LogP) is 4.55. The molecule has 1 N–H and O–H groups in total. The fraction of sp³-hybridized carbons (Fsp3) is 0.389. The Morgan fingerprint density at radius 2 is 1.91 bits per heavy atom. The average molecular weight is 354 g/mol. The number of aliphatic hydroxyl groups is 1. The molecule has 1 heterocycles. The van der Waals surface area contributed by atoms with Crippen LogP contribution in [0.15, 0.2) is 53.7 Å². The molecule has 0 fully saturated rings. The topological polar surface area (TPSA) is 42.4 Å². The van der Waals surface area contributed by atoms with Gasteiger partial charge < -0.3 is 9.84 Å². The molecule has 0 spiro atoms. The first-order chi connectivity index (χ1) is 10.7. The summed E-state index contributed by atoms with van der Waals surface area (Å²) in [4.78, 5) is 4.23. The second-order valence-corrected chi connectivity index (χ2v) is 6.33. The van der Waals surface area contributed by atoms with E-state index in [0.717, 1.165) is 17.2 Å². The molecule has 1 aromatic heterocycles. The minimum Gasteiger partial charge on any atom is -0.491 e. The Bertz CT molecular complexity index is 568. The number of thioether (sulfide) groups is 1. The van der Waals surface area contributed by atoms with Gasteiger partial charge in [0.2, 0.25) is 0 Å². The van der Waals surface area contributed by atoms with Crippen molar-refractivity contribution in [2.45, 2.75) is 37.3 Å². The number of aliphatic hydroxyl groups excluding tert-OH is 1. The van der Waals surface area contributed by atoms with Crippen LogP contribution in [0.25, 0.3) is 0 Å². The van der Waals surface area contributed by atoms with Gasteiger partial charge in [-0.3, -0.25) is 0 Å². The molecular weight excluding hydrogens is 330 g/mol. The number of hydrogen-bond acceptors (Lipinski definition) is 4. The summed E-state index contributed by atoms with van der Waals surface area (Å²) in [5.74, 6) is 1.90. The number of pyridine rings is 1. The molecule has 2 rings (SSSR count). The summed E-state index contributed by atoms with van der Waals surface area (Å²) in [5.41, 5.74) is 1.20. The van der Waals surface area contributed by atoms with Gasteiger partial charge in [0, 0.05) is 11.9 Å². The maximum Gasteiger partial charge on any atom is 0.122 e. The minimum absolute atomic E-state index is 0. The quantitative estimate of drug-likeness (QED) is 0.707. The van der Waals surface area contributed by atoms with Gasteiger partial charge in [-0.25, -0.2) is 4.98 Å². The standard InChI is InChI=1S/C18H23NO2S.ClH/c1-3-14(2)16-8-4-5-9-17(16)21-12-15(20)13-22-18-10-6-7-11-19-18;/h4-11,14-15,20H,3,12-13H2,1-2H3;1H. The summed E-state index contributed by atoms with van der Waals surface area (Å²) in [6, 6.07) is 13.8. The van der Waals surface area contributed by atoms with E-state index in [-0.39, 0.29) is 12.4 Å². The number of nitrogens with zero attached hydrogens (tertiary/aromatic N) is 1. The van der Waals surface area contributed by atoms with Crippen LogP contribution < -0.4 is 4.74 Å². The van der Waals surface area contributed by atoms with Crippen molar-refractivity contribution in [2.24, 2.45) is 0 Å². The van der Waals surface area contributed by atoms with Crippen molar-refractivity contribution in [3.63, 3.8) is 0 Å². The lowest BCUT2D eigenvalue weighted by molar-refractivity contribution is 0.125. The van der Waals surface area contributed by atoms with Crippen LogP contribution in [0.4, 0.5) is 0 Å². The number of benzene rings is 1. The number of aromatic nitrogens is 1. The lowest BCUT2D eigenvalue weighted by Crippen LogP contribution is -2.20. The molecule has 2 aromatic rings. The zero-order chi connectivity index (χ0) is 15.8. The molecule has 126 valence electrons. The molecule has 2 atom stereocenters. The summed E-state index contributed by atoms with van der Waals surface area (Å²) in [6.07, 6.45) is 2.31. The zero-order valence-corrected chi connectivity index (χ0v) is 15.1. The summed E-state index contributed by atoms with van der Waals surface area (Å²) in [5, 5.41) is 11.0. The van der Waals surface area contributed by atoms with E-state index in [2.05, 4.69) is 24.9 Å². The van der Waals surface area contributed by atoms with E-state index < -0.39 is 6.10 Å². The van der Waals surface area contributed by atoms with Gasteiger partial charge in [-0.1, -0.05) is 38.1 Å². The molecule has 2 unspecified atom stereocenters. The van der Waals surface area contributed by atoms with Crippen LogP contribution in [0.2, 0.25) is 0 Å². The lowest BCUT2D eigenvalue weighted by Gasteiger charge is -2.17. The second kappa shape index (κ2) is 10.5. The smallest absolute Gasteiger partial charge is 0.122 e. The van der Waals surface area contributed by atoms with Crippen LogP contribution in [0.1, 0.15) is 31.7 Å². The predicted molar refractivity (Wildman–Crippen MR) is 98.9 cm³/mol. The van der Waals surface area contributed by atoms with Gasteiger partial charge in [0.05, 0.1) is 11.1 Å². The van der Waals surface area contributed by atoms with Crippen molar-refractivity contribution in [1.82, 2.24) is 4.98 Å². The third-order valence-corrected chi connectivity index (χ3v) is 4.64. The molecule has 0 amide bonds. The fourth-order valence-corrected chi connectivity index (χ4v) is 2.86. The Kier molecular flexibility index (Phi) is 9.07. The molecule has 23 heavy (non-hydrogen) atoms. The maximum absolute atomic E-state index is 10.1. The molecular formula is C18H24ClNO2S. The van der Waals surface area contributed by atoms with Gasteiger partial charge in [0.25, 0.3) is 0 Å². The molecule has 5 heteroatoms.